The minimum atomic E-state index is -3.30. The first-order valence-electron chi connectivity index (χ1n) is 8.18. The minimum Gasteiger partial charge on any atom is -0.377 e. The average Bonchev–Trinajstić information content (AvgIpc) is 2.45. The summed E-state index contributed by atoms with van der Waals surface area (Å²) in [6.07, 6.45) is 6.81. The maximum Gasteiger partial charge on any atom is 0.213 e. The van der Waals surface area contributed by atoms with E-state index in [1.165, 1.54) is 19.3 Å². The summed E-state index contributed by atoms with van der Waals surface area (Å²) in [6.45, 7) is 2.08. The molecule has 136 valence electrons. The van der Waals surface area contributed by atoms with Crippen molar-refractivity contribution in [3.05, 3.63) is 0 Å². The lowest BCUT2D eigenvalue weighted by atomic mass is 9.86. The van der Waals surface area contributed by atoms with Gasteiger partial charge in [0.05, 0.1) is 11.9 Å². The van der Waals surface area contributed by atoms with Crippen molar-refractivity contribution in [3.63, 3.8) is 0 Å². The van der Waals surface area contributed by atoms with Gasteiger partial charge in [0.2, 0.25) is 10.0 Å². The number of hydrogen-bond donors (Lipinski definition) is 3. The zero-order valence-corrected chi connectivity index (χ0v) is 16.6. The molecule has 1 aliphatic heterocycles. The summed E-state index contributed by atoms with van der Waals surface area (Å²) in [5.74, 6) is 0.971. The Morgan fingerprint density at radius 3 is 2.61 bits per heavy atom. The van der Waals surface area contributed by atoms with E-state index in [1.54, 1.807) is 0 Å². The van der Waals surface area contributed by atoms with Crippen molar-refractivity contribution in [1.82, 2.24) is 10.0 Å². The van der Waals surface area contributed by atoms with E-state index in [4.69, 9.17) is 10.5 Å². The van der Waals surface area contributed by atoms with Crippen LogP contribution >= 0.6 is 24.0 Å². The number of hydrogen-bond acceptors (Lipinski definition) is 4. The lowest BCUT2D eigenvalue weighted by Gasteiger charge is -2.23. The van der Waals surface area contributed by atoms with Crippen LogP contribution in [-0.4, -0.2) is 52.5 Å². The summed E-state index contributed by atoms with van der Waals surface area (Å²) in [7, 11) is -3.30. The Balaban J connectivity index is 0.00000264. The molecule has 0 amide bonds. The van der Waals surface area contributed by atoms with Crippen LogP contribution in [0, 0.1) is 5.92 Å². The number of nitrogens with one attached hydrogen (secondary N) is 2. The highest BCUT2D eigenvalue weighted by Crippen LogP contribution is 2.26. The molecule has 1 atom stereocenters. The molecule has 1 heterocycles. The van der Waals surface area contributed by atoms with E-state index >= 15 is 0 Å². The molecule has 2 aliphatic rings. The minimum absolute atomic E-state index is 0. The Morgan fingerprint density at radius 1 is 1.22 bits per heavy atom. The number of rotatable bonds is 8. The molecule has 0 radical (unpaired) electrons. The maximum atomic E-state index is 11.9. The molecule has 0 spiro atoms. The van der Waals surface area contributed by atoms with Gasteiger partial charge in [-0.05, 0) is 38.0 Å². The Bertz CT molecular complexity index is 463. The Labute approximate surface area is 156 Å². The number of aliphatic imine (C=N–C) groups is 1. The van der Waals surface area contributed by atoms with Gasteiger partial charge in [-0.25, -0.2) is 13.1 Å². The van der Waals surface area contributed by atoms with Crippen LogP contribution in [0.5, 0.6) is 0 Å². The zero-order valence-electron chi connectivity index (χ0n) is 13.5. The van der Waals surface area contributed by atoms with Crippen molar-refractivity contribution in [2.24, 2.45) is 16.6 Å². The SMILES string of the molecule is I.NC(=NCC1CCC1)NCCS(=O)(=O)NCC1CCCCO1. The second-order valence-electron chi connectivity index (χ2n) is 6.11. The lowest BCUT2D eigenvalue weighted by molar-refractivity contribution is 0.0200. The van der Waals surface area contributed by atoms with Gasteiger partial charge in [0.1, 0.15) is 0 Å². The van der Waals surface area contributed by atoms with Crippen LogP contribution in [0.3, 0.4) is 0 Å². The summed E-state index contributed by atoms with van der Waals surface area (Å²) >= 11 is 0. The summed E-state index contributed by atoms with van der Waals surface area (Å²) in [4.78, 5) is 4.23. The molecule has 2 rings (SSSR count). The first kappa shape index (κ1) is 20.9. The molecule has 0 aromatic rings. The van der Waals surface area contributed by atoms with E-state index < -0.39 is 10.0 Å². The molecule has 0 aromatic carbocycles. The van der Waals surface area contributed by atoms with Gasteiger partial charge in [0.25, 0.3) is 0 Å². The highest BCUT2D eigenvalue weighted by Gasteiger charge is 2.18. The summed E-state index contributed by atoms with van der Waals surface area (Å²) in [5.41, 5.74) is 5.72. The van der Waals surface area contributed by atoms with Crippen LogP contribution in [0.15, 0.2) is 4.99 Å². The van der Waals surface area contributed by atoms with Gasteiger partial charge < -0.3 is 15.8 Å². The van der Waals surface area contributed by atoms with Crippen LogP contribution in [0.4, 0.5) is 0 Å². The van der Waals surface area contributed by atoms with Crippen LogP contribution < -0.4 is 15.8 Å². The standard InChI is InChI=1S/C14H28N4O3S.HI/c15-14(17-10-12-4-3-5-12)16-7-9-22(19,20)18-11-13-6-1-2-8-21-13;/h12-13,18H,1-11H2,(H3,15,16,17);1H. The van der Waals surface area contributed by atoms with Gasteiger partial charge in [0.15, 0.2) is 5.96 Å². The van der Waals surface area contributed by atoms with Crippen LogP contribution in [0.2, 0.25) is 0 Å². The van der Waals surface area contributed by atoms with Crippen molar-refractivity contribution >= 4 is 40.0 Å². The quantitative estimate of drug-likeness (QED) is 0.282. The fourth-order valence-electron chi connectivity index (χ4n) is 2.53. The van der Waals surface area contributed by atoms with E-state index in [2.05, 4.69) is 15.0 Å². The topological polar surface area (TPSA) is 106 Å². The molecule has 2 fully saturated rings. The zero-order chi connectivity index (χ0) is 15.8. The van der Waals surface area contributed by atoms with Gasteiger partial charge in [-0.3, -0.25) is 4.99 Å². The summed E-state index contributed by atoms with van der Waals surface area (Å²) in [6, 6.07) is 0. The monoisotopic (exact) mass is 460 g/mol. The Morgan fingerprint density at radius 2 is 2.00 bits per heavy atom. The predicted molar refractivity (Wildman–Crippen MR) is 103 cm³/mol. The number of nitrogens with zero attached hydrogens (tertiary/aromatic N) is 1. The highest BCUT2D eigenvalue weighted by molar-refractivity contribution is 14.0. The molecule has 1 aliphatic carbocycles. The van der Waals surface area contributed by atoms with Crippen LogP contribution in [0.1, 0.15) is 38.5 Å². The molecular weight excluding hydrogens is 431 g/mol. The van der Waals surface area contributed by atoms with E-state index in [0.717, 1.165) is 32.4 Å². The molecule has 1 saturated carbocycles. The number of sulfonamides is 1. The van der Waals surface area contributed by atoms with Gasteiger partial charge in [0, 0.05) is 26.2 Å². The molecule has 4 N–H and O–H groups in total. The van der Waals surface area contributed by atoms with Crippen LogP contribution in [0.25, 0.3) is 0 Å². The largest absolute Gasteiger partial charge is 0.377 e. The van der Waals surface area contributed by atoms with Crippen molar-refractivity contribution < 1.29 is 13.2 Å². The molecule has 0 aromatic heterocycles. The third-order valence-electron chi connectivity index (χ3n) is 4.23. The molecular formula is C14H29IN4O3S. The van der Waals surface area contributed by atoms with E-state index in [1.807, 2.05) is 0 Å². The maximum absolute atomic E-state index is 11.9. The second kappa shape index (κ2) is 10.7. The van der Waals surface area contributed by atoms with Gasteiger partial charge >= 0.3 is 0 Å². The molecule has 1 unspecified atom stereocenters. The summed E-state index contributed by atoms with van der Waals surface area (Å²) in [5, 5.41) is 2.86. The van der Waals surface area contributed by atoms with Gasteiger partial charge in [-0.1, -0.05) is 6.42 Å². The van der Waals surface area contributed by atoms with Crippen molar-refractivity contribution in [2.75, 3.05) is 32.0 Å². The Kier molecular flexibility index (Phi) is 9.71. The number of halogens is 1. The highest BCUT2D eigenvalue weighted by atomic mass is 127. The fourth-order valence-corrected chi connectivity index (χ4v) is 3.49. The number of ether oxygens (including phenoxy) is 1. The Hall–Kier alpha value is -0.130. The fraction of sp³-hybridized carbons (Fsp3) is 0.929. The first-order valence-corrected chi connectivity index (χ1v) is 9.83. The smallest absolute Gasteiger partial charge is 0.213 e. The normalized spacial score (nSPS) is 23.0. The van der Waals surface area contributed by atoms with Crippen molar-refractivity contribution in [2.45, 2.75) is 44.6 Å². The summed E-state index contributed by atoms with van der Waals surface area (Å²) < 4.78 is 31.9. The third kappa shape index (κ3) is 8.50. The predicted octanol–water partition coefficient (Wildman–Crippen LogP) is 0.797. The van der Waals surface area contributed by atoms with Crippen molar-refractivity contribution in [1.29, 1.82) is 0 Å². The van der Waals surface area contributed by atoms with E-state index in [0.29, 0.717) is 18.4 Å². The first-order chi connectivity index (χ1) is 10.6. The van der Waals surface area contributed by atoms with E-state index in [9.17, 15) is 8.42 Å². The molecule has 23 heavy (non-hydrogen) atoms. The van der Waals surface area contributed by atoms with Gasteiger partial charge in [-0.2, -0.15) is 0 Å². The average molecular weight is 460 g/mol. The van der Waals surface area contributed by atoms with Crippen LogP contribution in [-0.2, 0) is 14.8 Å². The lowest BCUT2D eigenvalue weighted by Crippen LogP contribution is -2.41. The van der Waals surface area contributed by atoms with Gasteiger partial charge in [-0.15, -0.1) is 24.0 Å². The number of nitrogens with two attached hydrogens (primary N) is 1. The third-order valence-corrected chi connectivity index (χ3v) is 5.57. The van der Waals surface area contributed by atoms with Crippen molar-refractivity contribution in [3.8, 4) is 0 Å². The molecule has 0 bridgehead atoms. The molecule has 1 saturated heterocycles. The molecule has 9 heteroatoms. The molecule has 7 nitrogen and oxygen atoms in total. The second-order valence-corrected chi connectivity index (χ2v) is 8.03. The number of guanidine groups is 1. The van der Waals surface area contributed by atoms with E-state index in [-0.39, 0.29) is 42.4 Å².